The van der Waals surface area contributed by atoms with E-state index in [1.165, 1.54) is 19.1 Å². The number of nitrogens with zero attached hydrogens (tertiary/aromatic N) is 3. The van der Waals surface area contributed by atoms with Gasteiger partial charge in [0.2, 0.25) is 11.9 Å². The Hall–Kier alpha value is -3.48. The maximum Gasteiger partial charge on any atom is 0.250 e. The van der Waals surface area contributed by atoms with Gasteiger partial charge in [0.1, 0.15) is 11.9 Å². The molecule has 1 aromatic heterocycles. The Bertz CT molecular complexity index is 979. The zero-order chi connectivity index (χ0) is 18.1. The molecule has 0 saturated carbocycles. The normalized spacial score (nSPS) is 15.6. The average Bonchev–Trinajstić information content (AvgIpc) is 3.04. The lowest BCUT2D eigenvalue weighted by molar-refractivity contribution is -0.114. The number of nitrogens with one attached hydrogen (secondary N) is 2. The van der Waals surface area contributed by atoms with E-state index in [1.54, 1.807) is 16.8 Å². The number of fused-ring (bicyclic) bond motifs is 1. The number of hydrogen-bond acceptors (Lipinski definition) is 4. The molecule has 1 unspecified atom stereocenters. The van der Waals surface area contributed by atoms with E-state index in [0.29, 0.717) is 5.95 Å². The number of halogens is 1. The fraction of sp³-hybridized carbons (Fsp3) is 0.105. The summed E-state index contributed by atoms with van der Waals surface area (Å²) in [5, 5.41) is 10.2. The maximum absolute atomic E-state index is 13.3. The highest BCUT2D eigenvalue weighted by molar-refractivity contribution is 5.87. The lowest BCUT2D eigenvalue weighted by Crippen LogP contribution is -2.20. The van der Waals surface area contributed by atoms with E-state index in [4.69, 9.17) is 0 Å². The van der Waals surface area contributed by atoms with E-state index in [1.807, 2.05) is 36.4 Å². The molecular formula is C19H16FN5O. The third-order valence-corrected chi connectivity index (χ3v) is 4.05. The van der Waals surface area contributed by atoms with Gasteiger partial charge in [-0.15, -0.1) is 5.10 Å². The first-order valence-electron chi connectivity index (χ1n) is 8.14. The van der Waals surface area contributed by atoms with E-state index >= 15 is 0 Å². The van der Waals surface area contributed by atoms with Gasteiger partial charge >= 0.3 is 0 Å². The van der Waals surface area contributed by atoms with Crippen LogP contribution in [0, 0.1) is 5.82 Å². The Morgan fingerprint density at radius 2 is 1.88 bits per heavy atom. The Morgan fingerprint density at radius 1 is 1.15 bits per heavy atom. The second kappa shape index (κ2) is 6.44. The van der Waals surface area contributed by atoms with Gasteiger partial charge < -0.3 is 5.32 Å². The Labute approximate surface area is 149 Å². The predicted octanol–water partition coefficient (Wildman–Crippen LogP) is 3.43. The van der Waals surface area contributed by atoms with Gasteiger partial charge in [-0.2, -0.15) is 4.98 Å². The molecular weight excluding hydrogens is 333 g/mol. The van der Waals surface area contributed by atoms with Crippen LogP contribution in [0.3, 0.4) is 0 Å². The van der Waals surface area contributed by atoms with E-state index < -0.39 is 0 Å². The predicted molar refractivity (Wildman–Crippen MR) is 96.9 cm³/mol. The molecule has 0 saturated heterocycles. The number of amides is 1. The molecule has 26 heavy (non-hydrogen) atoms. The van der Waals surface area contributed by atoms with Gasteiger partial charge in [-0.05, 0) is 29.3 Å². The van der Waals surface area contributed by atoms with E-state index in [2.05, 4.69) is 20.7 Å². The molecule has 1 aliphatic heterocycles. The van der Waals surface area contributed by atoms with Crippen LogP contribution >= 0.6 is 0 Å². The SMILES string of the molecule is CC(=O)Nc1nc2n(n1)C(c1ccc(F)cc1)C=C(c1ccccc1)N2. The fourth-order valence-corrected chi connectivity index (χ4v) is 2.89. The second-order valence-corrected chi connectivity index (χ2v) is 5.95. The summed E-state index contributed by atoms with van der Waals surface area (Å²) in [5.41, 5.74) is 2.73. The molecule has 4 rings (SSSR count). The van der Waals surface area contributed by atoms with Crippen molar-refractivity contribution in [1.29, 1.82) is 0 Å². The minimum atomic E-state index is -0.298. The van der Waals surface area contributed by atoms with Gasteiger partial charge in [-0.25, -0.2) is 9.07 Å². The van der Waals surface area contributed by atoms with Crippen molar-refractivity contribution in [1.82, 2.24) is 14.8 Å². The molecule has 7 heteroatoms. The van der Waals surface area contributed by atoms with Crippen LogP contribution in [0.4, 0.5) is 16.3 Å². The minimum absolute atomic E-state index is 0.217. The first kappa shape index (κ1) is 16.0. The Morgan fingerprint density at radius 3 is 2.58 bits per heavy atom. The van der Waals surface area contributed by atoms with Crippen molar-refractivity contribution in [3.63, 3.8) is 0 Å². The standard InChI is InChI=1S/C19H16FN5O/c1-12(26)21-18-23-19-22-16(13-5-3-2-4-6-13)11-17(25(19)24-18)14-7-9-15(20)10-8-14/h2-11,17H,1H3,(H2,21,22,23,24,26). The molecule has 3 aromatic rings. The van der Waals surface area contributed by atoms with Gasteiger partial charge in [0.05, 0.1) is 0 Å². The van der Waals surface area contributed by atoms with Crippen LogP contribution < -0.4 is 10.6 Å². The van der Waals surface area contributed by atoms with Crippen molar-refractivity contribution in [2.24, 2.45) is 0 Å². The largest absolute Gasteiger partial charge is 0.324 e. The van der Waals surface area contributed by atoms with Crippen LogP contribution in [-0.2, 0) is 4.79 Å². The van der Waals surface area contributed by atoms with Gasteiger partial charge in [-0.3, -0.25) is 10.1 Å². The lowest BCUT2D eigenvalue weighted by atomic mass is 10.0. The monoisotopic (exact) mass is 349 g/mol. The fourth-order valence-electron chi connectivity index (χ4n) is 2.89. The minimum Gasteiger partial charge on any atom is -0.324 e. The van der Waals surface area contributed by atoms with Crippen LogP contribution in [0.1, 0.15) is 24.1 Å². The van der Waals surface area contributed by atoms with Crippen LogP contribution in [-0.4, -0.2) is 20.7 Å². The molecule has 0 aliphatic carbocycles. The van der Waals surface area contributed by atoms with E-state index in [0.717, 1.165) is 16.8 Å². The zero-order valence-corrected chi connectivity index (χ0v) is 14.0. The first-order chi connectivity index (χ1) is 12.6. The number of anilines is 2. The molecule has 2 aromatic carbocycles. The summed E-state index contributed by atoms with van der Waals surface area (Å²) in [6.07, 6.45) is 2.00. The number of carbonyl (C=O) groups is 1. The summed E-state index contributed by atoms with van der Waals surface area (Å²) in [7, 11) is 0. The van der Waals surface area contributed by atoms with Gasteiger partial charge in [0.15, 0.2) is 0 Å². The van der Waals surface area contributed by atoms with Crippen molar-refractivity contribution in [3.05, 3.63) is 77.6 Å². The molecule has 0 fully saturated rings. The third-order valence-electron chi connectivity index (χ3n) is 4.05. The van der Waals surface area contributed by atoms with Crippen molar-refractivity contribution >= 4 is 23.5 Å². The van der Waals surface area contributed by atoms with Crippen LogP contribution in [0.15, 0.2) is 60.7 Å². The highest BCUT2D eigenvalue weighted by atomic mass is 19.1. The molecule has 2 heterocycles. The lowest BCUT2D eigenvalue weighted by Gasteiger charge is -2.24. The zero-order valence-electron chi connectivity index (χ0n) is 14.0. The van der Waals surface area contributed by atoms with Crippen molar-refractivity contribution in [3.8, 4) is 0 Å². The quantitative estimate of drug-likeness (QED) is 0.760. The molecule has 1 aliphatic rings. The summed E-state index contributed by atoms with van der Waals surface area (Å²) >= 11 is 0. The number of hydrogen-bond donors (Lipinski definition) is 2. The second-order valence-electron chi connectivity index (χ2n) is 5.95. The van der Waals surface area contributed by atoms with Crippen molar-refractivity contribution in [2.75, 3.05) is 10.6 Å². The van der Waals surface area contributed by atoms with Gasteiger partial charge in [-0.1, -0.05) is 42.5 Å². The molecule has 6 nitrogen and oxygen atoms in total. The summed E-state index contributed by atoms with van der Waals surface area (Å²) in [6, 6.07) is 15.8. The highest BCUT2D eigenvalue weighted by Crippen LogP contribution is 2.33. The highest BCUT2D eigenvalue weighted by Gasteiger charge is 2.25. The number of aromatic nitrogens is 3. The summed E-state index contributed by atoms with van der Waals surface area (Å²) in [5.74, 6) is 0.175. The van der Waals surface area contributed by atoms with Gasteiger partial charge in [0, 0.05) is 12.6 Å². The number of benzene rings is 2. The first-order valence-corrected chi connectivity index (χ1v) is 8.14. The van der Waals surface area contributed by atoms with Crippen molar-refractivity contribution < 1.29 is 9.18 Å². The molecule has 0 spiro atoms. The van der Waals surface area contributed by atoms with Crippen LogP contribution in [0.2, 0.25) is 0 Å². The summed E-state index contributed by atoms with van der Waals surface area (Å²) < 4.78 is 15.0. The third kappa shape index (κ3) is 3.06. The molecule has 1 amide bonds. The van der Waals surface area contributed by atoms with Crippen molar-refractivity contribution in [2.45, 2.75) is 13.0 Å². The van der Waals surface area contributed by atoms with E-state index in [-0.39, 0.29) is 23.7 Å². The van der Waals surface area contributed by atoms with E-state index in [9.17, 15) is 9.18 Å². The Balaban J connectivity index is 1.80. The summed E-state index contributed by atoms with van der Waals surface area (Å²) in [4.78, 5) is 15.7. The average molecular weight is 349 g/mol. The molecule has 2 N–H and O–H groups in total. The smallest absolute Gasteiger partial charge is 0.250 e. The number of carbonyl (C=O) groups excluding carboxylic acids is 1. The summed E-state index contributed by atoms with van der Waals surface area (Å²) in [6.45, 7) is 1.40. The van der Waals surface area contributed by atoms with Crippen LogP contribution in [0.5, 0.6) is 0 Å². The topological polar surface area (TPSA) is 71.8 Å². The molecule has 1 atom stereocenters. The Kier molecular flexibility index (Phi) is 3.96. The van der Waals surface area contributed by atoms with Crippen LogP contribution in [0.25, 0.3) is 5.70 Å². The molecule has 0 radical (unpaired) electrons. The number of allylic oxidation sites excluding steroid dienone is 1. The van der Waals surface area contributed by atoms with Gasteiger partial charge in [0.25, 0.3) is 5.95 Å². The molecule has 130 valence electrons. The number of rotatable bonds is 3. The molecule has 0 bridgehead atoms. The maximum atomic E-state index is 13.3.